The van der Waals surface area contributed by atoms with Crippen LogP contribution in [0.4, 0.5) is 0 Å². The average molecular weight is 303 g/mol. The molecule has 0 atom stereocenters. The van der Waals surface area contributed by atoms with Crippen LogP contribution in [0.1, 0.15) is 13.8 Å². The van der Waals surface area contributed by atoms with E-state index >= 15 is 0 Å². The summed E-state index contributed by atoms with van der Waals surface area (Å²) in [6.07, 6.45) is 1.51. The summed E-state index contributed by atoms with van der Waals surface area (Å²) in [7, 11) is 1.39. The van der Waals surface area contributed by atoms with Gasteiger partial charge in [0.05, 0.1) is 11.6 Å². The summed E-state index contributed by atoms with van der Waals surface area (Å²) in [6.45, 7) is 2.53. The van der Waals surface area contributed by atoms with E-state index in [1.54, 1.807) is 24.3 Å². The van der Waals surface area contributed by atoms with Crippen molar-refractivity contribution in [1.82, 2.24) is 14.7 Å². The van der Waals surface area contributed by atoms with Gasteiger partial charge in [-0.2, -0.15) is 5.10 Å². The quantitative estimate of drug-likeness (QED) is 0.898. The van der Waals surface area contributed by atoms with Crippen LogP contribution in [0.3, 0.4) is 0 Å². The number of aliphatic carboxylic acids is 1. The Balaban J connectivity index is 2.32. The third-order valence-corrected chi connectivity index (χ3v) is 3.78. The number of carbonyl (C=O) groups is 2. The molecule has 0 saturated carbocycles. The third-order valence-electron chi connectivity index (χ3n) is 3.78. The van der Waals surface area contributed by atoms with E-state index in [0.717, 1.165) is 9.58 Å². The fourth-order valence-corrected chi connectivity index (χ4v) is 1.93. The van der Waals surface area contributed by atoms with Crippen LogP contribution >= 0.6 is 0 Å². The minimum Gasteiger partial charge on any atom is -0.480 e. The molecule has 2 aromatic rings. The summed E-state index contributed by atoms with van der Waals surface area (Å²) < 4.78 is 1.04. The van der Waals surface area contributed by atoms with Crippen molar-refractivity contribution in [2.75, 3.05) is 7.05 Å². The second kappa shape index (κ2) is 5.59. The highest BCUT2D eigenvalue weighted by atomic mass is 16.4. The molecule has 0 unspecified atom stereocenters. The van der Waals surface area contributed by atoms with Crippen LogP contribution in [0.2, 0.25) is 0 Å². The molecular formula is C15H17N3O4. The van der Waals surface area contributed by atoms with E-state index in [4.69, 9.17) is 5.11 Å². The molecule has 0 saturated heterocycles. The molecule has 0 aliphatic heterocycles. The zero-order chi connectivity index (χ0) is 16.5. The van der Waals surface area contributed by atoms with Crippen LogP contribution in [0, 0.1) is 0 Å². The lowest BCUT2D eigenvalue weighted by molar-refractivity contribution is -0.155. The van der Waals surface area contributed by atoms with Gasteiger partial charge in [0.15, 0.2) is 0 Å². The lowest BCUT2D eigenvalue weighted by Crippen LogP contribution is -2.52. The Morgan fingerprint density at radius 2 is 1.95 bits per heavy atom. The van der Waals surface area contributed by atoms with Gasteiger partial charge in [0.2, 0.25) is 5.91 Å². The smallest absolute Gasteiger partial charge is 0.329 e. The molecule has 0 bridgehead atoms. The molecule has 22 heavy (non-hydrogen) atoms. The Kier molecular flexibility index (Phi) is 3.99. The molecule has 0 fully saturated rings. The lowest BCUT2D eigenvalue weighted by atomic mass is 10.0. The normalized spacial score (nSPS) is 11.4. The van der Waals surface area contributed by atoms with Gasteiger partial charge in [-0.3, -0.25) is 9.59 Å². The third kappa shape index (κ3) is 2.69. The van der Waals surface area contributed by atoms with Crippen LogP contribution in [-0.4, -0.2) is 44.3 Å². The SMILES string of the molecule is CN(C(=O)Cn1ncc2ccccc2c1=O)C(C)(C)C(=O)O. The van der Waals surface area contributed by atoms with Crippen molar-refractivity contribution in [1.29, 1.82) is 0 Å². The number of carbonyl (C=O) groups excluding carboxylic acids is 1. The summed E-state index contributed by atoms with van der Waals surface area (Å²) >= 11 is 0. The van der Waals surface area contributed by atoms with Crippen molar-refractivity contribution in [3.63, 3.8) is 0 Å². The first-order valence-corrected chi connectivity index (χ1v) is 6.70. The minimum atomic E-state index is -1.36. The lowest BCUT2D eigenvalue weighted by Gasteiger charge is -2.31. The fourth-order valence-electron chi connectivity index (χ4n) is 1.93. The molecule has 0 aliphatic carbocycles. The van der Waals surface area contributed by atoms with E-state index in [0.29, 0.717) is 10.8 Å². The average Bonchev–Trinajstić information content (AvgIpc) is 2.49. The first-order valence-electron chi connectivity index (χ1n) is 6.70. The zero-order valence-electron chi connectivity index (χ0n) is 12.6. The van der Waals surface area contributed by atoms with Crippen molar-refractivity contribution >= 4 is 22.6 Å². The predicted molar refractivity (Wildman–Crippen MR) is 80.5 cm³/mol. The maximum Gasteiger partial charge on any atom is 0.329 e. The molecule has 1 heterocycles. The Hall–Kier alpha value is -2.70. The Morgan fingerprint density at radius 1 is 1.32 bits per heavy atom. The van der Waals surface area contributed by atoms with Crippen LogP contribution in [0.25, 0.3) is 10.8 Å². The Bertz CT molecular complexity index is 795. The van der Waals surface area contributed by atoms with Crippen LogP contribution in [0.5, 0.6) is 0 Å². The zero-order valence-corrected chi connectivity index (χ0v) is 12.6. The molecule has 116 valence electrons. The summed E-state index contributed by atoms with van der Waals surface area (Å²) in [5.74, 6) is -1.63. The number of nitrogens with zero attached hydrogens (tertiary/aromatic N) is 3. The molecule has 7 nitrogen and oxygen atoms in total. The van der Waals surface area contributed by atoms with Gasteiger partial charge in [0, 0.05) is 12.4 Å². The highest BCUT2D eigenvalue weighted by molar-refractivity contribution is 5.86. The molecule has 1 aromatic heterocycles. The molecule has 1 amide bonds. The van der Waals surface area contributed by atoms with Crippen LogP contribution in [-0.2, 0) is 16.1 Å². The summed E-state index contributed by atoms with van der Waals surface area (Å²) in [5.41, 5.74) is -1.75. The number of hydrogen-bond acceptors (Lipinski definition) is 4. The number of rotatable bonds is 4. The second-order valence-corrected chi connectivity index (χ2v) is 5.51. The molecule has 0 spiro atoms. The van der Waals surface area contributed by atoms with Gasteiger partial charge in [0.1, 0.15) is 12.1 Å². The summed E-state index contributed by atoms with van der Waals surface area (Å²) in [4.78, 5) is 36.8. The van der Waals surface area contributed by atoms with Gasteiger partial charge >= 0.3 is 5.97 Å². The fraction of sp³-hybridized carbons (Fsp3) is 0.333. The summed E-state index contributed by atoms with van der Waals surface area (Å²) in [5, 5.41) is 14.3. The van der Waals surface area contributed by atoms with Gasteiger partial charge in [-0.1, -0.05) is 18.2 Å². The van der Waals surface area contributed by atoms with Gasteiger partial charge in [0.25, 0.3) is 5.56 Å². The standard InChI is InChI=1S/C15H17N3O4/c1-15(2,14(21)22)17(3)12(19)9-18-13(20)11-7-5-4-6-10(11)8-16-18/h4-8H,9H2,1-3H3,(H,21,22). The Labute approximate surface area is 126 Å². The van der Waals surface area contributed by atoms with Gasteiger partial charge in [-0.25, -0.2) is 9.48 Å². The number of aromatic nitrogens is 2. The second-order valence-electron chi connectivity index (χ2n) is 5.51. The maximum absolute atomic E-state index is 12.3. The molecule has 1 aromatic carbocycles. The van der Waals surface area contributed by atoms with Crippen molar-refractivity contribution in [2.24, 2.45) is 0 Å². The van der Waals surface area contributed by atoms with E-state index < -0.39 is 17.4 Å². The van der Waals surface area contributed by atoms with E-state index in [9.17, 15) is 14.4 Å². The van der Waals surface area contributed by atoms with E-state index in [1.807, 2.05) is 0 Å². The number of likely N-dealkylation sites (N-methyl/N-ethyl adjacent to an activating group) is 1. The monoisotopic (exact) mass is 303 g/mol. The van der Waals surface area contributed by atoms with Crippen LogP contribution in [0.15, 0.2) is 35.3 Å². The number of fused-ring (bicyclic) bond motifs is 1. The predicted octanol–water partition coefficient (Wildman–Crippen LogP) is 0.718. The number of amides is 1. The number of carboxylic acid groups (broad SMARTS) is 1. The molecule has 7 heteroatoms. The molecule has 2 rings (SSSR count). The maximum atomic E-state index is 12.3. The minimum absolute atomic E-state index is 0.309. The van der Waals surface area contributed by atoms with Gasteiger partial charge in [-0.05, 0) is 19.9 Å². The first-order chi connectivity index (χ1) is 10.2. The van der Waals surface area contributed by atoms with Crippen molar-refractivity contribution in [3.8, 4) is 0 Å². The summed E-state index contributed by atoms with van der Waals surface area (Å²) in [6, 6.07) is 6.94. The van der Waals surface area contributed by atoms with E-state index in [1.165, 1.54) is 27.1 Å². The van der Waals surface area contributed by atoms with E-state index in [2.05, 4.69) is 5.10 Å². The van der Waals surface area contributed by atoms with E-state index in [-0.39, 0.29) is 12.1 Å². The number of hydrogen-bond donors (Lipinski definition) is 1. The van der Waals surface area contributed by atoms with Crippen molar-refractivity contribution in [3.05, 3.63) is 40.8 Å². The topological polar surface area (TPSA) is 92.5 Å². The first kappa shape index (κ1) is 15.7. The van der Waals surface area contributed by atoms with Crippen molar-refractivity contribution < 1.29 is 14.7 Å². The number of carboxylic acids is 1. The van der Waals surface area contributed by atoms with Crippen molar-refractivity contribution in [2.45, 2.75) is 25.9 Å². The highest BCUT2D eigenvalue weighted by Gasteiger charge is 2.35. The molecule has 1 N–H and O–H groups in total. The largest absolute Gasteiger partial charge is 0.480 e. The highest BCUT2D eigenvalue weighted by Crippen LogP contribution is 2.13. The van der Waals surface area contributed by atoms with Crippen LogP contribution < -0.4 is 5.56 Å². The molecule has 0 radical (unpaired) electrons. The Morgan fingerprint density at radius 3 is 2.59 bits per heavy atom. The molecular weight excluding hydrogens is 286 g/mol. The molecule has 0 aliphatic rings. The van der Waals surface area contributed by atoms with Gasteiger partial charge in [-0.15, -0.1) is 0 Å². The van der Waals surface area contributed by atoms with Gasteiger partial charge < -0.3 is 10.0 Å². The number of benzene rings is 1.